The first-order valence-corrected chi connectivity index (χ1v) is 8.46. The number of hydrogen-bond donors (Lipinski definition) is 0. The maximum atomic E-state index is 5.71. The number of rotatable bonds is 11. The van der Waals surface area contributed by atoms with Crippen molar-refractivity contribution in [2.24, 2.45) is 0 Å². The van der Waals surface area contributed by atoms with Crippen LogP contribution in [0.15, 0.2) is 24.3 Å². The van der Waals surface area contributed by atoms with E-state index in [4.69, 9.17) is 9.47 Å². The third-order valence-corrected chi connectivity index (χ3v) is 3.50. The minimum absolute atomic E-state index is 0.0780. The Labute approximate surface area is 125 Å². The molecule has 1 rings (SSSR count). The molecule has 1 heterocycles. The van der Waals surface area contributed by atoms with Crippen molar-refractivity contribution < 1.29 is 9.47 Å². The fraction of sp³-hybridized carbons (Fsp3) is 0.778. The molecular formula is C18H32O2. The van der Waals surface area contributed by atoms with Crippen molar-refractivity contribution in [1.29, 1.82) is 0 Å². The van der Waals surface area contributed by atoms with E-state index in [1.165, 1.54) is 51.4 Å². The summed E-state index contributed by atoms with van der Waals surface area (Å²) in [5, 5.41) is 0. The van der Waals surface area contributed by atoms with Crippen molar-refractivity contribution in [1.82, 2.24) is 0 Å². The lowest BCUT2D eigenvalue weighted by molar-refractivity contribution is -0.162. The molecule has 0 aromatic rings. The third kappa shape index (κ3) is 10.2. The molecule has 0 spiro atoms. The maximum absolute atomic E-state index is 5.71. The van der Waals surface area contributed by atoms with Crippen molar-refractivity contribution in [2.45, 2.75) is 77.4 Å². The second-order valence-electron chi connectivity index (χ2n) is 5.47. The molecule has 0 bridgehead atoms. The third-order valence-electron chi connectivity index (χ3n) is 3.50. The molecule has 0 aliphatic carbocycles. The van der Waals surface area contributed by atoms with E-state index in [-0.39, 0.29) is 6.29 Å². The lowest BCUT2D eigenvalue weighted by Gasteiger charge is -2.22. The van der Waals surface area contributed by atoms with Crippen molar-refractivity contribution >= 4 is 0 Å². The van der Waals surface area contributed by atoms with Crippen LogP contribution in [0.25, 0.3) is 0 Å². The second kappa shape index (κ2) is 13.4. The summed E-state index contributed by atoms with van der Waals surface area (Å²) in [4.78, 5) is 0. The van der Waals surface area contributed by atoms with Gasteiger partial charge in [-0.05, 0) is 57.8 Å². The van der Waals surface area contributed by atoms with Crippen LogP contribution in [0.5, 0.6) is 0 Å². The van der Waals surface area contributed by atoms with Crippen LogP contribution in [0.4, 0.5) is 0 Å². The molecule has 0 N–H and O–H groups in total. The fourth-order valence-corrected chi connectivity index (χ4v) is 2.25. The van der Waals surface area contributed by atoms with Gasteiger partial charge in [0.05, 0.1) is 0 Å². The van der Waals surface area contributed by atoms with Crippen LogP contribution < -0.4 is 0 Å². The predicted molar refractivity (Wildman–Crippen MR) is 85.8 cm³/mol. The van der Waals surface area contributed by atoms with Gasteiger partial charge in [-0.3, -0.25) is 0 Å². The van der Waals surface area contributed by atoms with E-state index in [2.05, 4.69) is 31.2 Å². The predicted octanol–water partition coefficient (Wildman–Crippen LogP) is 5.39. The van der Waals surface area contributed by atoms with E-state index in [0.717, 1.165) is 26.1 Å². The number of ether oxygens (including phenoxy) is 2. The Bertz CT molecular complexity index is 252. The summed E-state index contributed by atoms with van der Waals surface area (Å²) >= 11 is 0. The summed E-state index contributed by atoms with van der Waals surface area (Å²) in [6, 6.07) is 0. The van der Waals surface area contributed by atoms with Gasteiger partial charge in [0.15, 0.2) is 6.29 Å². The molecule has 20 heavy (non-hydrogen) atoms. The Morgan fingerprint density at radius 1 is 0.950 bits per heavy atom. The Hall–Kier alpha value is -0.600. The zero-order valence-electron chi connectivity index (χ0n) is 13.2. The van der Waals surface area contributed by atoms with Crippen LogP contribution in [0, 0.1) is 0 Å². The topological polar surface area (TPSA) is 18.5 Å². The van der Waals surface area contributed by atoms with Crippen LogP contribution in [-0.2, 0) is 9.47 Å². The van der Waals surface area contributed by atoms with Gasteiger partial charge in [0.1, 0.15) is 0 Å². The van der Waals surface area contributed by atoms with Crippen molar-refractivity contribution in [2.75, 3.05) is 13.2 Å². The lowest BCUT2D eigenvalue weighted by Crippen LogP contribution is -2.22. The summed E-state index contributed by atoms with van der Waals surface area (Å²) in [5.41, 5.74) is 0. The number of hydrogen-bond acceptors (Lipinski definition) is 2. The standard InChI is InChI=1S/C18H32O2/c1-2-3-4-5-6-7-8-9-10-11-13-16-19-18-15-12-14-17-20-18/h4-5,8-9,18H,2-3,6-7,10-17H2,1H3/b5-4+,9-8-/t18-/m1/s1. The molecule has 0 saturated carbocycles. The van der Waals surface area contributed by atoms with E-state index in [1.54, 1.807) is 0 Å². The SMILES string of the molecule is CCC/C=C/CC/C=C\CCCCO[C@H]1CCCCO1. The quantitative estimate of drug-likeness (QED) is 0.373. The molecule has 1 aliphatic heterocycles. The van der Waals surface area contributed by atoms with Gasteiger partial charge in [-0.2, -0.15) is 0 Å². The molecule has 1 fully saturated rings. The largest absolute Gasteiger partial charge is 0.353 e. The summed E-state index contributed by atoms with van der Waals surface area (Å²) in [6.07, 6.45) is 21.2. The monoisotopic (exact) mass is 280 g/mol. The molecule has 1 aliphatic rings. The zero-order chi connectivity index (χ0) is 14.3. The van der Waals surface area contributed by atoms with E-state index in [9.17, 15) is 0 Å². The Morgan fingerprint density at radius 3 is 2.40 bits per heavy atom. The molecule has 0 radical (unpaired) electrons. The Balaban J connectivity index is 1.81. The van der Waals surface area contributed by atoms with Crippen LogP contribution in [-0.4, -0.2) is 19.5 Å². The van der Waals surface area contributed by atoms with E-state index in [1.807, 2.05) is 0 Å². The average molecular weight is 280 g/mol. The van der Waals surface area contributed by atoms with Crippen LogP contribution >= 0.6 is 0 Å². The Kier molecular flexibility index (Phi) is 11.7. The normalized spacial score (nSPS) is 20.1. The van der Waals surface area contributed by atoms with Gasteiger partial charge in [0, 0.05) is 13.2 Å². The van der Waals surface area contributed by atoms with Gasteiger partial charge in [0.25, 0.3) is 0 Å². The Morgan fingerprint density at radius 2 is 1.70 bits per heavy atom. The molecule has 0 aromatic carbocycles. The fourth-order valence-electron chi connectivity index (χ4n) is 2.25. The molecular weight excluding hydrogens is 248 g/mol. The molecule has 0 amide bonds. The summed E-state index contributed by atoms with van der Waals surface area (Å²) < 4.78 is 11.2. The zero-order valence-corrected chi connectivity index (χ0v) is 13.2. The van der Waals surface area contributed by atoms with Crippen molar-refractivity contribution in [3.8, 4) is 0 Å². The van der Waals surface area contributed by atoms with Gasteiger partial charge in [-0.25, -0.2) is 0 Å². The summed E-state index contributed by atoms with van der Waals surface area (Å²) in [5.74, 6) is 0. The molecule has 116 valence electrons. The minimum Gasteiger partial charge on any atom is -0.353 e. The van der Waals surface area contributed by atoms with Crippen LogP contribution in [0.2, 0.25) is 0 Å². The number of unbranched alkanes of at least 4 members (excludes halogenated alkanes) is 4. The van der Waals surface area contributed by atoms with Gasteiger partial charge < -0.3 is 9.47 Å². The molecule has 1 atom stereocenters. The number of allylic oxidation sites excluding steroid dienone is 4. The first-order valence-electron chi connectivity index (χ1n) is 8.46. The van der Waals surface area contributed by atoms with E-state index < -0.39 is 0 Å². The van der Waals surface area contributed by atoms with Gasteiger partial charge in [0.2, 0.25) is 0 Å². The first kappa shape index (κ1) is 17.5. The summed E-state index contributed by atoms with van der Waals surface area (Å²) in [7, 11) is 0. The van der Waals surface area contributed by atoms with Gasteiger partial charge >= 0.3 is 0 Å². The van der Waals surface area contributed by atoms with Gasteiger partial charge in [-0.1, -0.05) is 37.6 Å². The highest BCUT2D eigenvalue weighted by Crippen LogP contribution is 2.14. The van der Waals surface area contributed by atoms with Gasteiger partial charge in [-0.15, -0.1) is 0 Å². The highest BCUT2D eigenvalue weighted by Gasteiger charge is 2.12. The smallest absolute Gasteiger partial charge is 0.157 e. The molecule has 2 heteroatoms. The molecule has 1 saturated heterocycles. The van der Waals surface area contributed by atoms with Crippen LogP contribution in [0.3, 0.4) is 0 Å². The minimum atomic E-state index is 0.0780. The van der Waals surface area contributed by atoms with Crippen molar-refractivity contribution in [3.63, 3.8) is 0 Å². The lowest BCUT2D eigenvalue weighted by atomic mass is 10.2. The highest BCUT2D eigenvalue weighted by molar-refractivity contribution is 4.87. The highest BCUT2D eigenvalue weighted by atomic mass is 16.7. The average Bonchev–Trinajstić information content (AvgIpc) is 2.49. The maximum Gasteiger partial charge on any atom is 0.157 e. The van der Waals surface area contributed by atoms with E-state index >= 15 is 0 Å². The second-order valence-corrected chi connectivity index (χ2v) is 5.47. The summed E-state index contributed by atoms with van der Waals surface area (Å²) in [6.45, 7) is 3.94. The first-order chi connectivity index (χ1) is 9.93. The van der Waals surface area contributed by atoms with Crippen LogP contribution in [0.1, 0.15) is 71.1 Å². The molecule has 2 nitrogen and oxygen atoms in total. The molecule has 0 aromatic heterocycles. The van der Waals surface area contributed by atoms with E-state index in [0.29, 0.717) is 0 Å². The molecule has 0 unspecified atom stereocenters. The van der Waals surface area contributed by atoms with Crippen molar-refractivity contribution in [3.05, 3.63) is 24.3 Å².